The van der Waals surface area contributed by atoms with Crippen LogP contribution in [-0.4, -0.2) is 23.2 Å². The van der Waals surface area contributed by atoms with Crippen LogP contribution in [0.2, 0.25) is 0 Å². The fourth-order valence-corrected chi connectivity index (χ4v) is 2.83. The molecule has 1 unspecified atom stereocenters. The minimum Gasteiger partial charge on any atom is -0.497 e. The van der Waals surface area contributed by atoms with Gasteiger partial charge in [0, 0.05) is 6.92 Å². The van der Waals surface area contributed by atoms with E-state index in [0.29, 0.717) is 18.1 Å². The van der Waals surface area contributed by atoms with Crippen LogP contribution in [0.5, 0.6) is 5.75 Å². The molecule has 1 aliphatic carbocycles. The van der Waals surface area contributed by atoms with Gasteiger partial charge in [-0.2, -0.15) is 4.98 Å². The molecular formula is C17H22N4O3. The Morgan fingerprint density at radius 3 is 2.67 bits per heavy atom. The zero-order valence-corrected chi connectivity index (χ0v) is 13.9. The van der Waals surface area contributed by atoms with Gasteiger partial charge in [0.2, 0.25) is 11.8 Å². The van der Waals surface area contributed by atoms with Gasteiger partial charge in [0.25, 0.3) is 0 Å². The molecule has 7 heteroatoms. The van der Waals surface area contributed by atoms with Crippen molar-refractivity contribution >= 4 is 5.91 Å². The number of methoxy groups -OCH3 is 1. The highest BCUT2D eigenvalue weighted by atomic mass is 16.5. The molecule has 1 heterocycles. The lowest BCUT2D eigenvalue weighted by Crippen LogP contribution is -2.44. The average molecular weight is 330 g/mol. The van der Waals surface area contributed by atoms with E-state index in [1.54, 1.807) is 7.11 Å². The number of amides is 1. The number of rotatable bonds is 6. The van der Waals surface area contributed by atoms with Crippen LogP contribution in [-0.2, 0) is 16.8 Å². The van der Waals surface area contributed by atoms with Crippen molar-refractivity contribution in [2.24, 2.45) is 5.73 Å². The molecule has 0 saturated heterocycles. The van der Waals surface area contributed by atoms with Crippen LogP contribution in [0.25, 0.3) is 0 Å². The Morgan fingerprint density at radius 1 is 1.42 bits per heavy atom. The van der Waals surface area contributed by atoms with E-state index in [1.807, 2.05) is 24.3 Å². The number of carbonyl (C=O) groups is 1. The van der Waals surface area contributed by atoms with Crippen LogP contribution in [0.3, 0.4) is 0 Å². The highest BCUT2D eigenvalue weighted by Gasteiger charge is 2.39. The second kappa shape index (κ2) is 6.60. The van der Waals surface area contributed by atoms with Gasteiger partial charge in [0.05, 0.1) is 25.1 Å². The molecule has 3 N–H and O–H groups in total. The average Bonchev–Trinajstić information content (AvgIpc) is 3.00. The Balaban J connectivity index is 1.77. The number of hydrogen-bond acceptors (Lipinski definition) is 6. The summed E-state index contributed by atoms with van der Waals surface area (Å²) in [6.45, 7) is 1.49. The predicted molar refractivity (Wildman–Crippen MR) is 87.3 cm³/mol. The standard InChI is InChI=1S/C17H22N4O3/c1-11(22)19-14(12-4-6-13(23-2)7-5-12)10-15-20-16(21-24-15)17(18)8-3-9-17/h4-7,14H,3,8-10,18H2,1-2H3,(H,19,22). The van der Waals surface area contributed by atoms with Crippen molar-refractivity contribution in [3.8, 4) is 5.75 Å². The molecule has 128 valence electrons. The lowest BCUT2D eigenvalue weighted by Gasteiger charge is -2.34. The molecule has 3 rings (SSSR count). The molecule has 2 aromatic rings. The quantitative estimate of drug-likeness (QED) is 0.837. The molecule has 0 bridgehead atoms. The number of ether oxygens (including phenoxy) is 1. The maximum Gasteiger partial charge on any atom is 0.229 e. The van der Waals surface area contributed by atoms with E-state index >= 15 is 0 Å². The van der Waals surface area contributed by atoms with Crippen molar-refractivity contribution in [1.82, 2.24) is 15.5 Å². The van der Waals surface area contributed by atoms with Crippen molar-refractivity contribution in [2.45, 2.75) is 44.2 Å². The molecule has 0 spiro atoms. The van der Waals surface area contributed by atoms with Crippen molar-refractivity contribution in [3.63, 3.8) is 0 Å². The van der Waals surface area contributed by atoms with E-state index in [2.05, 4.69) is 15.5 Å². The smallest absolute Gasteiger partial charge is 0.229 e. The maximum atomic E-state index is 11.5. The van der Waals surface area contributed by atoms with Gasteiger partial charge in [-0.15, -0.1) is 0 Å². The summed E-state index contributed by atoms with van der Waals surface area (Å²) in [5.74, 6) is 1.66. The Morgan fingerprint density at radius 2 is 2.12 bits per heavy atom. The zero-order chi connectivity index (χ0) is 17.2. The second-order valence-electron chi connectivity index (χ2n) is 6.25. The molecule has 1 aliphatic rings. The Bertz CT molecular complexity index is 707. The third-order valence-corrected chi connectivity index (χ3v) is 4.43. The molecule has 7 nitrogen and oxygen atoms in total. The van der Waals surface area contributed by atoms with E-state index in [1.165, 1.54) is 6.92 Å². The fraction of sp³-hybridized carbons (Fsp3) is 0.471. The Labute approximate surface area is 140 Å². The fourth-order valence-electron chi connectivity index (χ4n) is 2.83. The summed E-state index contributed by atoms with van der Waals surface area (Å²) in [5.41, 5.74) is 6.71. The molecule has 0 radical (unpaired) electrons. The number of hydrogen-bond donors (Lipinski definition) is 2. The third-order valence-electron chi connectivity index (χ3n) is 4.43. The Hall–Kier alpha value is -2.41. The van der Waals surface area contributed by atoms with Gasteiger partial charge in [0.15, 0.2) is 5.82 Å². The monoisotopic (exact) mass is 330 g/mol. The zero-order valence-electron chi connectivity index (χ0n) is 13.9. The summed E-state index contributed by atoms with van der Waals surface area (Å²) < 4.78 is 10.5. The first-order valence-corrected chi connectivity index (χ1v) is 8.03. The molecule has 1 atom stereocenters. The summed E-state index contributed by atoms with van der Waals surface area (Å²) in [5, 5.41) is 6.94. The van der Waals surface area contributed by atoms with Gasteiger partial charge in [-0.25, -0.2) is 0 Å². The first-order valence-electron chi connectivity index (χ1n) is 8.03. The molecule has 0 aliphatic heterocycles. The summed E-state index contributed by atoms with van der Waals surface area (Å²) in [4.78, 5) is 16.0. The van der Waals surface area contributed by atoms with Crippen molar-refractivity contribution < 1.29 is 14.1 Å². The van der Waals surface area contributed by atoms with E-state index in [-0.39, 0.29) is 11.9 Å². The SMILES string of the molecule is COc1ccc(C(Cc2nc(C3(N)CCC3)no2)NC(C)=O)cc1. The second-order valence-corrected chi connectivity index (χ2v) is 6.25. The summed E-state index contributed by atoms with van der Waals surface area (Å²) in [6.07, 6.45) is 3.24. The summed E-state index contributed by atoms with van der Waals surface area (Å²) in [7, 11) is 1.61. The maximum absolute atomic E-state index is 11.5. The van der Waals surface area contributed by atoms with Crippen LogP contribution in [0, 0.1) is 0 Å². The molecule has 1 fully saturated rings. The van der Waals surface area contributed by atoms with Gasteiger partial charge in [0.1, 0.15) is 5.75 Å². The first-order chi connectivity index (χ1) is 11.5. The van der Waals surface area contributed by atoms with Crippen molar-refractivity contribution in [1.29, 1.82) is 0 Å². The topological polar surface area (TPSA) is 103 Å². The first kappa shape index (κ1) is 16.4. The van der Waals surface area contributed by atoms with Gasteiger partial charge >= 0.3 is 0 Å². The highest BCUT2D eigenvalue weighted by molar-refractivity contribution is 5.73. The number of nitrogens with two attached hydrogens (primary N) is 1. The molecular weight excluding hydrogens is 308 g/mol. The van der Waals surface area contributed by atoms with E-state index in [9.17, 15) is 4.79 Å². The minimum atomic E-state index is -0.453. The number of nitrogens with one attached hydrogen (secondary N) is 1. The number of nitrogens with zero attached hydrogens (tertiary/aromatic N) is 2. The molecule has 1 aromatic heterocycles. The van der Waals surface area contributed by atoms with Gasteiger partial charge in [-0.3, -0.25) is 4.79 Å². The molecule has 24 heavy (non-hydrogen) atoms. The van der Waals surface area contributed by atoms with Crippen LogP contribution >= 0.6 is 0 Å². The largest absolute Gasteiger partial charge is 0.497 e. The minimum absolute atomic E-state index is 0.121. The van der Waals surface area contributed by atoms with Gasteiger partial charge in [-0.05, 0) is 37.0 Å². The van der Waals surface area contributed by atoms with Crippen LogP contribution in [0.15, 0.2) is 28.8 Å². The predicted octanol–water partition coefficient (Wildman–Crippen LogP) is 1.84. The molecule has 1 saturated carbocycles. The number of benzene rings is 1. The van der Waals surface area contributed by atoms with Crippen LogP contribution in [0.4, 0.5) is 0 Å². The van der Waals surface area contributed by atoms with Gasteiger partial charge < -0.3 is 20.3 Å². The molecule has 1 amide bonds. The lowest BCUT2D eigenvalue weighted by molar-refractivity contribution is -0.119. The number of carbonyl (C=O) groups excluding carboxylic acids is 1. The van der Waals surface area contributed by atoms with E-state index < -0.39 is 5.54 Å². The summed E-state index contributed by atoms with van der Waals surface area (Å²) in [6, 6.07) is 7.27. The summed E-state index contributed by atoms with van der Waals surface area (Å²) >= 11 is 0. The normalized spacial score (nSPS) is 17.0. The van der Waals surface area contributed by atoms with Crippen LogP contribution < -0.4 is 15.8 Å². The van der Waals surface area contributed by atoms with E-state index in [0.717, 1.165) is 30.6 Å². The van der Waals surface area contributed by atoms with Crippen LogP contribution in [0.1, 0.15) is 49.5 Å². The third kappa shape index (κ3) is 3.41. The van der Waals surface area contributed by atoms with Crippen molar-refractivity contribution in [3.05, 3.63) is 41.5 Å². The number of aromatic nitrogens is 2. The van der Waals surface area contributed by atoms with Gasteiger partial charge in [-0.1, -0.05) is 17.3 Å². The Kier molecular flexibility index (Phi) is 4.53. The highest BCUT2D eigenvalue weighted by Crippen LogP contribution is 2.37. The van der Waals surface area contributed by atoms with E-state index in [4.69, 9.17) is 15.0 Å². The molecule has 1 aromatic carbocycles. The van der Waals surface area contributed by atoms with Crippen molar-refractivity contribution in [2.75, 3.05) is 7.11 Å². The lowest BCUT2D eigenvalue weighted by atomic mass is 9.77.